The third-order valence-corrected chi connectivity index (χ3v) is 5.21. The van der Waals surface area contributed by atoms with Gasteiger partial charge in [-0.25, -0.2) is 14.2 Å². The minimum absolute atomic E-state index is 0.0502. The molecule has 0 fully saturated rings. The van der Waals surface area contributed by atoms with E-state index in [0.29, 0.717) is 25.5 Å². The lowest BCUT2D eigenvalue weighted by Crippen LogP contribution is -2.52. The van der Waals surface area contributed by atoms with Crippen LogP contribution in [-0.4, -0.2) is 54.2 Å². The van der Waals surface area contributed by atoms with E-state index in [9.17, 15) is 32.8 Å². The Morgan fingerprint density at radius 2 is 1.74 bits per heavy atom. The van der Waals surface area contributed by atoms with Gasteiger partial charge < -0.3 is 27.4 Å². The van der Waals surface area contributed by atoms with E-state index in [0.717, 1.165) is 24.3 Å². The number of nitrogens with one attached hydrogen (secondary N) is 5. The summed E-state index contributed by atoms with van der Waals surface area (Å²) in [6.45, 7) is 1.73. The molecule has 0 aliphatic carbocycles. The lowest BCUT2D eigenvalue weighted by Gasteiger charge is -2.20. The van der Waals surface area contributed by atoms with Gasteiger partial charge in [-0.3, -0.25) is 24.0 Å². The van der Waals surface area contributed by atoms with Crippen molar-refractivity contribution in [3.8, 4) is 0 Å². The van der Waals surface area contributed by atoms with Crippen LogP contribution >= 0.6 is 0 Å². The molecule has 0 saturated carbocycles. The van der Waals surface area contributed by atoms with Crippen LogP contribution in [0.1, 0.15) is 44.6 Å². The molecule has 15 heteroatoms. The molecule has 0 heterocycles. The summed E-state index contributed by atoms with van der Waals surface area (Å²) in [5.41, 5.74) is 19.3. The number of hydrogen-bond donors (Lipinski definition) is 7. The van der Waals surface area contributed by atoms with Crippen LogP contribution in [0, 0.1) is 17.2 Å². The topological polar surface area (TPSA) is 222 Å². The third-order valence-electron chi connectivity index (χ3n) is 5.21. The average Bonchev–Trinajstić information content (AvgIpc) is 2.85. The van der Waals surface area contributed by atoms with Crippen LogP contribution in [0.5, 0.6) is 0 Å². The van der Waals surface area contributed by atoms with Crippen LogP contribution in [0.4, 0.5) is 8.78 Å². The van der Waals surface area contributed by atoms with Gasteiger partial charge in [0.15, 0.2) is 0 Å². The zero-order valence-corrected chi connectivity index (χ0v) is 20.8. The number of carbonyl (C=O) groups is 5. The minimum Gasteiger partial charge on any atom is -0.368 e. The van der Waals surface area contributed by atoms with Crippen LogP contribution < -0.4 is 32.8 Å². The smallest absolute Gasteiger partial charge is 0.263 e. The van der Waals surface area contributed by atoms with E-state index in [1.54, 1.807) is 0 Å². The molecule has 0 saturated heterocycles. The fraction of sp³-hybridized carbons (Fsp3) is 0.435. The fourth-order valence-electron chi connectivity index (χ4n) is 3.15. The van der Waals surface area contributed by atoms with Gasteiger partial charge in [0.05, 0.1) is 0 Å². The van der Waals surface area contributed by atoms with Crippen molar-refractivity contribution in [1.29, 1.82) is 5.53 Å². The summed E-state index contributed by atoms with van der Waals surface area (Å²) in [4.78, 5) is 60.8. The van der Waals surface area contributed by atoms with E-state index in [2.05, 4.69) is 21.2 Å². The summed E-state index contributed by atoms with van der Waals surface area (Å²) in [5, 5.41) is 9.89. The van der Waals surface area contributed by atoms with E-state index in [1.807, 2.05) is 5.43 Å². The van der Waals surface area contributed by atoms with Gasteiger partial charge in [-0.1, -0.05) is 5.22 Å². The summed E-state index contributed by atoms with van der Waals surface area (Å²) in [6.07, 6.45) is 3.01. The molecular weight excluding hydrogens is 506 g/mol. The predicted molar refractivity (Wildman–Crippen MR) is 131 cm³/mol. The van der Waals surface area contributed by atoms with Crippen LogP contribution in [0.3, 0.4) is 0 Å². The van der Waals surface area contributed by atoms with Crippen LogP contribution in [-0.2, 0) is 24.0 Å². The summed E-state index contributed by atoms with van der Waals surface area (Å²) in [6, 6.07) is -0.600. The van der Waals surface area contributed by atoms with E-state index in [1.165, 1.54) is 6.92 Å². The molecule has 9 N–H and O–H groups in total. The molecule has 0 aromatic heterocycles. The van der Waals surface area contributed by atoms with Gasteiger partial charge in [0.25, 0.3) is 5.91 Å². The second-order valence-electron chi connectivity index (χ2n) is 8.22. The zero-order chi connectivity index (χ0) is 28.7. The Hall–Kier alpha value is -4.27. The maximum absolute atomic E-state index is 13.7. The molecule has 1 aromatic carbocycles. The summed E-state index contributed by atoms with van der Waals surface area (Å²) >= 11 is 0. The first-order valence-corrected chi connectivity index (χ1v) is 11.7. The number of halogens is 2. The Bertz CT molecular complexity index is 1050. The van der Waals surface area contributed by atoms with Crippen molar-refractivity contribution in [3.05, 3.63) is 41.5 Å². The van der Waals surface area contributed by atoms with Crippen molar-refractivity contribution in [3.63, 3.8) is 0 Å². The highest BCUT2D eigenvalue weighted by molar-refractivity contribution is 5.96. The Labute approximate surface area is 217 Å². The Kier molecular flexibility index (Phi) is 13.8. The number of nitrogens with two attached hydrogens (primary N) is 2. The van der Waals surface area contributed by atoms with Crippen molar-refractivity contribution in [2.75, 3.05) is 6.54 Å². The summed E-state index contributed by atoms with van der Waals surface area (Å²) < 4.78 is 26.7. The second-order valence-corrected chi connectivity index (χ2v) is 8.22. The number of carbonyl (C=O) groups excluding carboxylic acids is 5. The highest BCUT2D eigenvalue weighted by Crippen LogP contribution is 2.11. The number of amides is 5. The van der Waals surface area contributed by atoms with Gasteiger partial charge >= 0.3 is 0 Å². The zero-order valence-electron chi connectivity index (χ0n) is 20.8. The normalized spacial score (nSPS) is 13.2. The maximum atomic E-state index is 13.7. The van der Waals surface area contributed by atoms with E-state index in [4.69, 9.17) is 17.0 Å². The monoisotopic (exact) mass is 538 g/mol. The number of primary amides is 1. The first-order chi connectivity index (χ1) is 18.0. The van der Waals surface area contributed by atoms with Gasteiger partial charge in [0, 0.05) is 24.1 Å². The quantitative estimate of drug-likeness (QED) is 0.0659. The molecule has 1 aromatic rings. The first kappa shape index (κ1) is 31.8. The van der Waals surface area contributed by atoms with Crippen molar-refractivity contribution < 1.29 is 32.8 Å². The van der Waals surface area contributed by atoms with Gasteiger partial charge in [0.2, 0.25) is 23.6 Å². The molecule has 0 bridgehead atoms. The van der Waals surface area contributed by atoms with Crippen LogP contribution in [0.15, 0.2) is 29.5 Å². The highest BCUT2D eigenvalue weighted by atomic mass is 19.1. The second kappa shape index (κ2) is 16.5. The Morgan fingerprint density at radius 1 is 1.03 bits per heavy atom. The number of unbranched alkanes of at least 4 members (excludes halogenated alkanes) is 1. The van der Waals surface area contributed by atoms with Gasteiger partial charge in [0.1, 0.15) is 29.8 Å². The standard InChI is InChI=1S/C23H32F2N8O5/c1-13(29-19(34)9-6-14-5-7-15(24)12-16(14)25)22(37)31-18(23(38)32-33-28)8-10-20(35)30-17(21(27)36)4-2-3-11-26/h5-7,9,12-13,17-18H,2-4,8,10-11,26H2,1H3,(H2,27,36)(H,29,34)(H,30,35)(H,31,37)(H2,28,32,38)/b9-6+/t13?,17?,18-/m0/s1. The first-order valence-electron chi connectivity index (χ1n) is 11.7. The number of nitrogens with zero attached hydrogens (tertiary/aromatic N) is 1. The van der Waals surface area contributed by atoms with E-state index >= 15 is 0 Å². The van der Waals surface area contributed by atoms with Gasteiger partial charge in [-0.15, -0.1) is 0 Å². The number of hydrogen-bond acceptors (Lipinski definition) is 8. The van der Waals surface area contributed by atoms with Gasteiger partial charge in [-0.05, 0) is 57.4 Å². The van der Waals surface area contributed by atoms with Crippen LogP contribution in [0.25, 0.3) is 6.08 Å². The Morgan fingerprint density at radius 3 is 2.34 bits per heavy atom. The molecule has 0 spiro atoms. The lowest BCUT2D eigenvalue weighted by atomic mass is 10.1. The molecule has 0 radical (unpaired) electrons. The predicted octanol–water partition coefficient (Wildman–Crippen LogP) is -0.0910. The molecule has 3 atom stereocenters. The van der Waals surface area contributed by atoms with Crippen molar-refractivity contribution >= 4 is 35.6 Å². The molecule has 13 nitrogen and oxygen atoms in total. The van der Waals surface area contributed by atoms with Crippen LogP contribution in [0.2, 0.25) is 0 Å². The molecular formula is C23H32F2N8O5. The summed E-state index contributed by atoms with van der Waals surface area (Å²) in [7, 11) is 0. The van der Waals surface area contributed by atoms with E-state index in [-0.39, 0.29) is 24.8 Å². The molecule has 38 heavy (non-hydrogen) atoms. The van der Waals surface area contributed by atoms with E-state index < -0.39 is 59.3 Å². The minimum atomic E-state index is -1.31. The average molecular weight is 539 g/mol. The SMILES string of the molecule is CC(NC(=O)/C=C/c1ccc(F)cc1F)C(=O)N[C@@H](CCC(=O)NC(CCCCN)C(N)=O)C(=O)NN=N. The number of rotatable bonds is 16. The maximum Gasteiger partial charge on any atom is 0.263 e. The van der Waals surface area contributed by atoms with Crippen molar-refractivity contribution in [2.45, 2.75) is 57.2 Å². The molecule has 0 aliphatic heterocycles. The molecule has 0 aliphatic rings. The van der Waals surface area contributed by atoms with Crippen molar-refractivity contribution in [2.24, 2.45) is 16.7 Å². The summed E-state index contributed by atoms with van der Waals surface area (Å²) in [5.74, 6) is -5.45. The largest absolute Gasteiger partial charge is 0.368 e. The van der Waals surface area contributed by atoms with Gasteiger partial charge in [-0.2, -0.15) is 5.53 Å². The fourth-order valence-corrected chi connectivity index (χ4v) is 3.15. The number of benzene rings is 1. The molecule has 5 amide bonds. The Balaban J connectivity index is 2.72. The molecule has 1 rings (SSSR count). The van der Waals surface area contributed by atoms with Crippen molar-refractivity contribution in [1.82, 2.24) is 21.4 Å². The highest BCUT2D eigenvalue weighted by Gasteiger charge is 2.26. The molecule has 2 unspecified atom stereocenters. The lowest BCUT2D eigenvalue weighted by molar-refractivity contribution is -0.132. The third kappa shape index (κ3) is 11.6. The molecule has 208 valence electrons.